The second kappa shape index (κ2) is 6.69. The monoisotopic (exact) mass is 303 g/mol. The van der Waals surface area contributed by atoms with E-state index in [4.69, 9.17) is 23.2 Å². The molecule has 1 amide bonds. The van der Waals surface area contributed by atoms with Crippen molar-refractivity contribution in [1.29, 1.82) is 0 Å². The molecule has 0 heterocycles. The Kier molecular flexibility index (Phi) is 5.22. The number of thioether (sulfide) groups is 1. The molecular formula is C13H15Cl2NOS. The first-order chi connectivity index (χ1) is 8.66. The van der Waals surface area contributed by atoms with Crippen LogP contribution in [0.5, 0.6) is 0 Å². The van der Waals surface area contributed by atoms with E-state index >= 15 is 0 Å². The smallest absolute Gasteiger partial charge is 0.234 e. The Hall–Kier alpha value is -0.380. The summed E-state index contributed by atoms with van der Waals surface area (Å²) in [4.78, 5) is 11.8. The Morgan fingerprint density at radius 3 is 2.78 bits per heavy atom. The first kappa shape index (κ1) is 14.0. The van der Waals surface area contributed by atoms with Crippen molar-refractivity contribution in [2.45, 2.75) is 30.9 Å². The summed E-state index contributed by atoms with van der Waals surface area (Å²) in [7, 11) is 0. The van der Waals surface area contributed by atoms with Gasteiger partial charge in [0.2, 0.25) is 5.91 Å². The fourth-order valence-electron chi connectivity index (χ4n) is 2.04. The van der Waals surface area contributed by atoms with Gasteiger partial charge in [-0.05, 0) is 25.0 Å². The number of hydrogen-bond donors (Lipinski definition) is 1. The Morgan fingerprint density at radius 2 is 2.06 bits per heavy atom. The number of rotatable bonds is 4. The van der Waals surface area contributed by atoms with Crippen LogP contribution in [0.1, 0.15) is 25.7 Å². The predicted molar refractivity (Wildman–Crippen MR) is 79.8 cm³/mol. The van der Waals surface area contributed by atoms with Crippen molar-refractivity contribution < 1.29 is 4.79 Å². The highest BCUT2D eigenvalue weighted by Gasteiger charge is 2.17. The molecule has 2 rings (SSSR count). The van der Waals surface area contributed by atoms with E-state index in [1.807, 2.05) is 0 Å². The summed E-state index contributed by atoms with van der Waals surface area (Å²) in [6.45, 7) is 0. The van der Waals surface area contributed by atoms with Gasteiger partial charge in [-0.15, -0.1) is 11.8 Å². The number of amides is 1. The molecular weight excluding hydrogens is 289 g/mol. The lowest BCUT2D eigenvalue weighted by atomic mass is 10.3. The minimum Gasteiger partial charge on any atom is -0.324 e. The highest BCUT2D eigenvalue weighted by molar-refractivity contribution is 8.00. The van der Waals surface area contributed by atoms with Gasteiger partial charge in [-0.25, -0.2) is 0 Å². The summed E-state index contributed by atoms with van der Waals surface area (Å²) < 4.78 is 0. The Morgan fingerprint density at radius 1 is 1.33 bits per heavy atom. The minimum absolute atomic E-state index is 0.0175. The van der Waals surface area contributed by atoms with Crippen LogP contribution in [0.3, 0.4) is 0 Å². The number of anilines is 1. The molecule has 0 unspecified atom stereocenters. The van der Waals surface area contributed by atoms with Crippen LogP contribution in [0.4, 0.5) is 5.69 Å². The SMILES string of the molecule is O=C(CSC1CCCC1)Nc1cccc(Cl)c1Cl. The normalized spacial score (nSPS) is 15.9. The van der Waals surface area contributed by atoms with Crippen molar-refractivity contribution in [1.82, 2.24) is 0 Å². The summed E-state index contributed by atoms with van der Waals surface area (Å²) >= 11 is 13.6. The van der Waals surface area contributed by atoms with Crippen LogP contribution >= 0.6 is 35.0 Å². The van der Waals surface area contributed by atoms with E-state index in [9.17, 15) is 4.79 Å². The molecule has 1 aromatic rings. The maximum atomic E-state index is 11.8. The molecule has 0 aliphatic heterocycles. The molecule has 2 nitrogen and oxygen atoms in total. The number of hydrogen-bond acceptors (Lipinski definition) is 2. The molecule has 1 N–H and O–H groups in total. The second-order valence-electron chi connectivity index (χ2n) is 4.37. The Bertz CT molecular complexity index is 433. The van der Waals surface area contributed by atoms with Crippen molar-refractivity contribution in [3.05, 3.63) is 28.2 Å². The highest BCUT2D eigenvalue weighted by Crippen LogP contribution is 2.31. The van der Waals surface area contributed by atoms with Gasteiger partial charge in [0.15, 0.2) is 0 Å². The lowest BCUT2D eigenvalue weighted by molar-refractivity contribution is -0.113. The van der Waals surface area contributed by atoms with E-state index in [0.717, 1.165) is 0 Å². The zero-order valence-electron chi connectivity index (χ0n) is 9.92. The summed E-state index contributed by atoms with van der Waals surface area (Å²) in [5.41, 5.74) is 0.584. The Labute approximate surface area is 121 Å². The van der Waals surface area contributed by atoms with Gasteiger partial charge in [-0.1, -0.05) is 42.1 Å². The van der Waals surface area contributed by atoms with Gasteiger partial charge in [0.25, 0.3) is 0 Å². The first-order valence-electron chi connectivity index (χ1n) is 6.02. The number of carbonyl (C=O) groups is 1. The van der Waals surface area contributed by atoms with Gasteiger partial charge in [0.05, 0.1) is 21.5 Å². The summed E-state index contributed by atoms with van der Waals surface area (Å²) in [5, 5.41) is 4.30. The van der Waals surface area contributed by atoms with Crippen LogP contribution in [-0.2, 0) is 4.79 Å². The van der Waals surface area contributed by atoms with Crippen molar-refractivity contribution in [2.75, 3.05) is 11.1 Å². The molecule has 18 heavy (non-hydrogen) atoms. The van der Waals surface area contributed by atoms with Crippen molar-refractivity contribution in [3.8, 4) is 0 Å². The summed E-state index contributed by atoms with van der Waals surface area (Å²) in [5.74, 6) is 0.462. The number of benzene rings is 1. The Balaban J connectivity index is 1.84. The lowest BCUT2D eigenvalue weighted by Gasteiger charge is -2.10. The van der Waals surface area contributed by atoms with E-state index in [-0.39, 0.29) is 5.91 Å². The van der Waals surface area contributed by atoms with E-state index < -0.39 is 0 Å². The van der Waals surface area contributed by atoms with Gasteiger partial charge in [-0.3, -0.25) is 4.79 Å². The van der Waals surface area contributed by atoms with Crippen molar-refractivity contribution >= 4 is 46.6 Å². The zero-order valence-corrected chi connectivity index (χ0v) is 12.2. The largest absolute Gasteiger partial charge is 0.324 e. The van der Waals surface area contributed by atoms with E-state index in [1.165, 1.54) is 25.7 Å². The standard InChI is InChI=1S/C13H15Cl2NOS/c14-10-6-3-7-11(13(10)15)16-12(17)8-18-9-4-1-2-5-9/h3,6-7,9H,1-2,4-5,8H2,(H,16,17). The highest BCUT2D eigenvalue weighted by atomic mass is 35.5. The second-order valence-corrected chi connectivity index (χ2v) is 6.44. The molecule has 0 saturated heterocycles. The number of nitrogens with one attached hydrogen (secondary N) is 1. The summed E-state index contributed by atoms with van der Waals surface area (Å²) in [6, 6.07) is 5.23. The van der Waals surface area contributed by atoms with Crippen LogP contribution in [0.25, 0.3) is 0 Å². The number of halogens is 2. The molecule has 1 fully saturated rings. The van der Waals surface area contributed by atoms with Crippen LogP contribution in [0, 0.1) is 0 Å². The van der Waals surface area contributed by atoms with E-state index in [1.54, 1.807) is 30.0 Å². The maximum Gasteiger partial charge on any atom is 0.234 e. The molecule has 98 valence electrons. The molecule has 1 aliphatic carbocycles. The number of carbonyl (C=O) groups excluding carboxylic acids is 1. The van der Waals surface area contributed by atoms with Gasteiger partial charge < -0.3 is 5.32 Å². The molecule has 1 saturated carbocycles. The quantitative estimate of drug-likeness (QED) is 0.880. The van der Waals surface area contributed by atoms with Gasteiger partial charge >= 0.3 is 0 Å². The van der Waals surface area contributed by atoms with Crippen molar-refractivity contribution in [3.63, 3.8) is 0 Å². The molecule has 1 aromatic carbocycles. The van der Waals surface area contributed by atoms with Gasteiger partial charge in [0.1, 0.15) is 0 Å². The van der Waals surface area contributed by atoms with Crippen LogP contribution in [0.15, 0.2) is 18.2 Å². The molecule has 0 spiro atoms. The van der Waals surface area contributed by atoms with Crippen LogP contribution in [0.2, 0.25) is 10.0 Å². The first-order valence-corrected chi connectivity index (χ1v) is 7.83. The fourth-order valence-corrected chi connectivity index (χ4v) is 3.51. The van der Waals surface area contributed by atoms with Crippen LogP contribution < -0.4 is 5.32 Å². The molecule has 0 aromatic heterocycles. The molecule has 0 radical (unpaired) electrons. The van der Waals surface area contributed by atoms with Crippen molar-refractivity contribution in [2.24, 2.45) is 0 Å². The van der Waals surface area contributed by atoms with Gasteiger partial charge in [-0.2, -0.15) is 0 Å². The maximum absolute atomic E-state index is 11.8. The molecule has 0 atom stereocenters. The fraction of sp³-hybridized carbons (Fsp3) is 0.462. The molecule has 1 aliphatic rings. The third-order valence-electron chi connectivity index (χ3n) is 2.98. The lowest BCUT2D eigenvalue weighted by Crippen LogP contribution is -2.16. The average Bonchev–Trinajstić information content (AvgIpc) is 2.86. The van der Waals surface area contributed by atoms with Gasteiger partial charge in [0, 0.05) is 5.25 Å². The van der Waals surface area contributed by atoms with Crippen LogP contribution in [-0.4, -0.2) is 16.9 Å². The molecule has 0 bridgehead atoms. The van der Waals surface area contributed by atoms with E-state index in [0.29, 0.717) is 26.7 Å². The topological polar surface area (TPSA) is 29.1 Å². The average molecular weight is 304 g/mol. The minimum atomic E-state index is -0.0175. The predicted octanol–water partition coefficient (Wildman–Crippen LogP) is 4.61. The third-order valence-corrected chi connectivity index (χ3v) is 5.17. The third kappa shape index (κ3) is 3.81. The zero-order chi connectivity index (χ0) is 13.0. The molecule has 5 heteroatoms. The van der Waals surface area contributed by atoms with E-state index in [2.05, 4.69) is 5.32 Å². The summed E-state index contributed by atoms with van der Waals surface area (Å²) in [6.07, 6.45) is 5.05.